The topological polar surface area (TPSA) is 17.8 Å². The number of hydrogen-bond acceptors (Lipinski definition) is 1. The van der Waals surface area contributed by atoms with Crippen molar-refractivity contribution in [2.24, 2.45) is 7.05 Å². The van der Waals surface area contributed by atoms with E-state index in [1.807, 2.05) is 11.7 Å². The Hall–Kier alpha value is -1.31. The highest BCUT2D eigenvalue weighted by Crippen LogP contribution is 2.24. The molecular weight excluding hydrogens is 172 g/mol. The van der Waals surface area contributed by atoms with Gasteiger partial charge in [-0.3, -0.25) is 4.68 Å². The summed E-state index contributed by atoms with van der Waals surface area (Å²) in [5.41, 5.74) is 3.86. The minimum Gasteiger partial charge on any atom is -0.275 e. The fourth-order valence-electron chi connectivity index (χ4n) is 1.95. The normalized spacial score (nSPS) is 11.5. The molecule has 0 aliphatic carbocycles. The van der Waals surface area contributed by atoms with E-state index in [0.29, 0.717) is 5.92 Å². The molecule has 0 aliphatic heterocycles. The summed E-state index contributed by atoms with van der Waals surface area (Å²) in [5.74, 6) is 0.571. The number of nitrogens with zero attached hydrogens (tertiary/aromatic N) is 2. The van der Waals surface area contributed by atoms with Gasteiger partial charge in [0.25, 0.3) is 0 Å². The third-order valence-electron chi connectivity index (χ3n) is 2.63. The van der Waals surface area contributed by atoms with Crippen molar-refractivity contribution in [2.75, 3.05) is 0 Å². The molecular formula is C12H16N2. The maximum absolute atomic E-state index is 4.41. The summed E-state index contributed by atoms with van der Waals surface area (Å²) in [6.45, 7) is 6.61. The summed E-state index contributed by atoms with van der Waals surface area (Å²) >= 11 is 0. The first-order valence-corrected chi connectivity index (χ1v) is 5.02. The van der Waals surface area contributed by atoms with Crippen LogP contribution in [0.2, 0.25) is 0 Å². The number of benzene rings is 1. The van der Waals surface area contributed by atoms with Crippen molar-refractivity contribution in [1.82, 2.24) is 9.78 Å². The molecule has 14 heavy (non-hydrogen) atoms. The molecule has 74 valence electrons. The van der Waals surface area contributed by atoms with Crippen LogP contribution in [-0.2, 0) is 7.05 Å². The van der Waals surface area contributed by atoms with Gasteiger partial charge in [-0.15, -0.1) is 0 Å². The molecule has 0 saturated carbocycles. The quantitative estimate of drug-likeness (QED) is 0.672. The fourth-order valence-corrected chi connectivity index (χ4v) is 1.95. The molecule has 2 aromatic rings. The second-order valence-electron chi connectivity index (χ2n) is 4.23. The average Bonchev–Trinajstić information content (AvgIpc) is 2.42. The van der Waals surface area contributed by atoms with Crippen LogP contribution in [0.25, 0.3) is 10.9 Å². The average molecular weight is 188 g/mol. The summed E-state index contributed by atoms with van der Waals surface area (Å²) in [4.78, 5) is 0. The van der Waals surface area contributed by atoms with Crippen LogP contribution in [0.5, 0.6) is 0 Å². The predicted octanol–water partition coefficient (Wildman–Crippen LogP) is 3.01. The smallest absolute Gasteiger partial charge is 0.0926 e. The summed E-state index contributed by atoms with van der Waals surface area (Å²) in [5, 5.41) is 5.64. The number of hydrogen-bond donors (Lipinski definition) is 0. The van der Waals surface area contributed by atoms with Gasteiger partial charge in [0.2, 0.25) is 0 Å². The molecule has 1 heterocycles. The molecule has 2 heteroatoms. The summed E-state index contributed by atoms with van der Waals surface area (Å²) in [6, 6.07) is 4.42. The zero-order valence-corrected chi connectivity index (χ0v) is 9.20. The van der Waals surface area contributed by atoms with Gasteiger partial charge >= 0.3 is 0 Å². The highest BCUT2D eigenvalue weighted by atomic mass is 15.2. The Kier molecular flexibility index (Phi) is 2.06. The molecule has 1 aromatic heterocycles. The van der Waals surface area contributed by atoms with Crippen molar-refractivity contribution >= 4 is 10.9 Å². The van der Waals surface area contributed by atoms with E-state index in [2.05, 4.69) is 44.2 Å². The van der Waals surface area contributed by atoms with Crippen LogP contribution in [0, 0.1) is 6.92 Å². The van der Waals surface area contributed by atoms with Gasteiger partial charge in [0.1, 0.15) is 0 Å². The van der Waals surface area contributed by atoms with Gasteiger partial charge in [-0.05, 0) is 36.1 Å². The van der Waals surface area contributed by atoms with E-state index in [-0.39, 0.29) is 0 Å². The van der Waals surface area contributed by atoms with Crippen molar-refractivity contribution in [2.45, 2.75) is 26.7 Å². The minimum absolute atomic E-state index is 0.571. The summed E-state index contributed by atoms with van der Waals surface area (Å²) in [6.07, 6.45) is 2.06. The SMILES string of the molecule is Cc1cc2cn(C)nc2cc1C(C)C. The predicted molar refractivity (Wildman–Crippen MR) is 59.5 cm³/mol. The number of aromatic nitrogens is 2. The van der Waals surface area contributed by atoms with Crippen LogP contribution in [0.3, 0.4) is 0 Å². The number of aryl methyl sites for hydroxylation is 2. The Labute approximate surface area is 84.5 Å². The maximum atomic E-state index is 4.41. The van der Waals surface area contributed by atoms with Gasteiger partial charge in [0.15, 0.2) is 0 Å². The van der Waals surface area contributed by atoms with E-state index >= 15 is 0 Å². The lowest BCUT2D eigenvalue weighted by Crippen LogP contribution is -1.91. The monoisotopic (exact) mass is 188 g/mol. The first kappa shape index (κ1) is 9.25. The highest BCUT2D eigenvalue weighted by Gasteiger charge is 2.07. The van der Waals surface area contributed by atoms with Gasteiger partial charge in [-0.2, -0.15) is 5.10 Å². The third-order valence-corrected chi connectivity index (χ3v) is 2.63. The highest BCUT2D eigenvalue weighted by molar-refractivity contribution is 5.80. The lowest BCUT2D eigenvalue weighted by molar-refractivity contribution is 0.779. The fraction of sp³-hybridized carbons (Fsp3) is 0.417. The van der Waals surface area contributed by atoms with Gasteiger partial charge in [-0.25, -0.2) is 0 Å². The van der Waals surface area contributed by atoms with E-state index in [1.54, 1.807) is 0 Å². The lowest BCUT2D eigenvalue weighted by atomic mass is 9.97. The first-order valence-electron chi connectivity index (χ1n) is 5.02. The minimum atomic E-state index is 0.571. The largest absolute Gasteiger partial charge is 0.275 e. The second kappa shape index (κ2) is 3.12. The second-order valence-corrected chi connectivity index (χ2v) is 4.23. The zero-order valence-electron chi connectivity index (χ0n) is 9.20. The van der Waals surface area contributed by atoms with Gasteiger partial charge in [-0.1, -0.05) is 13.8 Å². The van der Waals surface area contributed by atoms with Gasteiger partial charge < -0.3 is 0 Å². The van der Waals surface area contributed by atoms with Gasteiger partial charge in [0.05, 0.1) is 5.52 Å². The molecule has 0 bridgehead atoms. The Balaban J connectivity index is 2.70. The standard InChI is InChI=1S/C12H16N2/c1-8(2)11-6-12-10(5-9(11)3)7-14(4)13-12/h5-8H,1-4H3. The van der Waals surface area contributed by atoms with Crippen molar-refractivity contribution in [3.63, 3.8) is 0 Å². The molecule has 0 amide bonds. The number of rotatable bonds is 1. The first-order chi connectivity index (χ1) is 6.58. The van der Waals surface area contributed by atoms with Crippen molar-refractivity contribution in [1.29, 1.82) is 0 Å². The molecule has 0 unspecified atom stereocenters. The van der Waals surface area contributed by atoms with Crippen LogP contribution in [0.15, 0.2) is 18.3 Å². The van der Waals surface area contributed by atoms with Crippen LogP contribution in [-0.4, -0.2) is 9.78 Å². The van der Waals surface area contributed by atoms with E-state index in [1.165, 1.54) is 16.5 Å². The Morgan fingerprint density at radius 1 is 1.29 bits per heavy atom. The molecule has 0 N–H and O–H groups in total. The lowest BCUT2D eigenvalue weighted by Gasteiger charge is -2.08. The van der Waals surface area contributed by atoms with Crippen molar-refractivity contribution < 1.29 is 0 Å². The van der Waals surface area contributed by atoms with Crippen molar-refractivity contribution in [3.8, 4) is 0 Å². The summed E-state index contributed by atoms with van der Waals surface area (Å²) < 4.78 is 1.87. The van der Waals surface area contributed by atoms with Crippen molar-refractivity contribution in [3.05, 3.63) is 29.5 Å². The Morgan fingerprint density at radius 2 is 2.00 bits per heavy atom. The van der Waals surface area contributed by atoms with Crippen LogP contribution >= 0.6 is 0 Å². The van der Waals surface area contributed by atoms with E-state index < -0.39 is 0 Å². The number of fused-ring (bicyclic) bond motifs is 1. The van der Waals surface area contributed by atoms with Crippen LogP contribution in [0.1, 0.15) is 30.9 Å². The Bertz CT molecular complexity index is 466. The molecule has 1 aromatic carbocycles. The van der Waals surface area contributed by atoms with E-state index in [4.69, 9.17) is 0 Å². The molecule has 2 nitrogen and oxygen atoms in total. The third kappa shape index (κ3) is 1.41. The van der Waals surface area contributed by atoms with E-state index in [0.717, 1.165) is 5.52 Å². The Morgan fingerprint density at radius 3 is 2.64 bits per heavy atom. The molecule has 0 aliphatic rings. The summed E-state index contributed by atoms with van der Waals surface area (Å²) in [7, 11) is 1.96. The maximum Gasteiger partial charge on any atom is 0.0926 e. The van der Waals surface area contributed by atoms with E-state index in [9.17, 15) is 0 Å². The molecule has 0 atom stereocenters. The molecule has 0 saturated heterocycles. The molecule has 2 rings (SSSR count). The zero-order chi connectivity index (χ0) is 10.3. The molecule has 0 spiro atoms. The molecule has 0 fully saturated rings. The van der Waals surface area contributed by atoms with Gasteiger partial charge in [0, 0.05) is 18.6 Å². The van der Waals surface area contributed by atoms with Crippen LogP contribution in [0.4, 0.5) is 0 Å². The van der Waals surface area contributed by atoms with Crippen LogP contribution < -0.4 is 0 Å². The molecule has 0 radical (unpaired) electrons.